The van der Waals surface area contributed by atoms with Crippen molar-refractivity contribution in [3.63, 3.8) is 0 Å². The van der Waals surface area contributed by atoms with E-state index in [0.717, 1.165) is 0 Å². The first kappa shape index (κ1) is 16.7. The molecule has 1 rings (SSSR count). The van der Waals surface area contributed by atoms with Crippen LogP contribution in [0, 0.1) is 12.8 Å². The fourth-order valence-electron chi connectivity index (χ4n) is 1.69. The molecule has 116 valence electrons. The number of carboxylic acid groups (broad SMARTS) is 1. The molecule has 8 nitrogen and oxygen atoms in total. The van der Waals surface area contributed by atoms with Crippen LogP contribution in [-0.2, 0) is 4.79 Å². The molecule has 2 amide bonds. The lowest BCUT2D eigenvalue weighted by molar-refractivity contribution is -0.139. The first-order valence-corrected chi connectivity index (χ1v) is 6.51. The SMILES string of the molecule is COc1cc(C)nc(NC(=O)NC(CC(C)C)C(=O)O)n1. The van der Waals surface area contributed by atoms with Crippen LogP contribution in [0.1, 0.15) is 26.0 Å². The van der Waals surface area contributed by atoms with Gasteiger partial charge in [-0.3, -0.25) is 5.32 Å². The van der Waals surface area contributed by atoms with Crippen molar-refractivity contribution in [3.05, 3.63) is 11.8 Å². The largest absolute Gasteiger partial charge is 0.481 e. The molecule has 21 heavy (non-hydrogen) atoms. The summed E-state index contributed by atoms with van der Waals surface area (Å²) < 4.78 is 4.97. The Kier molecular flexibility index (Phi) is 5.89. The molecule has 0 bridgehead atoms. The number of rotatable bonds is 6. The second-order valence-electron chi connectivity index (χ2n) is 4.99. The van der Waals surface area contributed by atoms with E-state index in [4.69, 9.17) is 9.84 Å². The summed E-state index contributed by atoms with van der Waals surface area (Å²) in [7, 11) is 1.45. The van der Waals surface area contributed by atoms with E-state index in [2.05, 4.69) is 20.6 Å². The summed E-state index contributed by atoms with van der Waals surface area (Å²) in [6.07, 6.45) is 0.334. The van der Waals surface area contributed by atoms with Crippen molar-refractivity contribution in [1.82, 2.24) is 15.3 Å². The maximum Gasteiger partial charge on any atom is 0.326 e. The number of amides is 2. The third-order valence-corrected chi connectivity index (χ3v) is 2.58. The molecule has 0 aliphatic heterocycles. The molecule has 0 saturated heterocycles. The van der Waals surface area contributed by atoms with E-state index in [0.29, 0.717) is 18.0 Å². The van der Waals surface area contributed by atoms with E-state index in [1.165, 1.54) is 7.11 Å². The van der Waals surface area contributed by atoms with Gasteiger partial charge in [-0.05, 0) is 19.3 Å². The number of nitrogens with zero attached hydrogens (tertiary/aromatic N) is 2. The second kappa shape index (κ2) is 7.41. The van der Waals surface area contributed by atoms with Crippen molar-refractivity contribution in [2.75, 3.05) is 12.4 Å². The lowest BCUT2D eigenvalue weighted by Crippen LogP contribution is -2.44. The van der Waals surface area contributed by atoms with Crippen LogP contribution in [-0.4, -0.2) is 40.2 Å². The number of aryl methyl sites for hydroxylation is 1. The standard InChI is InChI=1S/C13H20N4O4/c1-7(2)5-9(11(18)19)15-13(20)17-12-14-8(3)6-10(16-12)21-4/h6-7,9H,5H2,1-4H3,(H,18,19)(H2,14,15,16,17,20). The number of carbonyl (C=O) groups excluding carboxylic acids is 1. The molecule has 1 aromatic rings. The van der Waals surface area contributed by atoms with E-state index in [1.54, 1.807) is 13.0 Å². The van der Waals surface area contributed by atoms with Crippen LogP contribution in [0.15, 0.2) is 6.07 Å². The van der Waals surface area contributed by atoms with Crippen LogP contribution in [0.2, 0.25) is 0 Å². The van der Waals surface area contributed by atoms with Gasteiger partial charge >= 0.3 is 12.0 Å². The monoisotopic (exact) mass is 296 g/mol. The molecule has 1 aromatic heterocycles. The molecule has 1 heterocycles. The van der Waals surface area contributed by atoms with Gasteiger partial charge in [0.1, 0.15) is 6.04 Å². The quantitative estimate of drug-likeness (QED) is 0.731. The summed E-state index contributed by atoms with van der Waals surface area (Å²) in [5.41, 5.74) is 0.620. The fourth-order valence-corrected chi connectivity index (χ4v) is 1.69. The lowest BCUT2D eigenvalue weighted by Gasteiger charge is -2.16. The van der Waals surface area contributed by atoms with Gasteiger partial charge < -0.3 is 15.2 Å². The van der Waals surface area contributed by atoms with Crippen molar-refractivity contribution in [1.29, 1.82) is 0 Å². The fraction of sp³-hybridized carbons (Fsp3) is 0.538. The van der Waals surface area contributed by atoms with E-state index in [1.807, 2.05) is 13.8 Å². The van der Waals surface area contributed by atoms with Crippen molar-refractivity contribution >= 4 is 17.9 Å². The van der Waals surface area contributed by atoms with E-state index in [9.17, 15) is 9.59 Å². The Morgan fingerprint density at radius 2 is 2.05 bits per heavy atom. The highest BCUT2D eigenvalue weighted by molar-refractivity contribution is 5.90. The Morgan fingerprint density at radius 3 is 2.57 bits per heavy atom. The number of ether oxygens (including phenoxy) is 1. The summed E-state index contributed by atoms with van der Waals surface area (Å²) in [5, 5.41) is 13.9. The molecular weight excluding hydrogens is 276 g/mol. The van der Waals surface area contributed by atoms with Crippen LogP contribution in [0.4, 0.5) is 10.7 Å². The first-order chi connectivity index (χ1) is 9.81. The maximum absolute atomic E-state index is 11.8. The first-order valence-electron chi connectivity index (χ1n) is 6.51. The van der Waals surface area contributed by atoms with Gasteiger partial charge in [0.05, 0.1) is 7.11 Å². The third-order valence-electron chi connectivity index (χ3n) is 2.58. The molecule has 0 fully saturated rings. The summed E-state index contributed by atoms with van der Waals surface area (Å²) in [6, 6.07) is -0.0190. The normalized spacial score (nSPS) is 11.9. The Hall–Kier alpha value is -2.38. The molecule has 0 radical (unpaired) electrons. The number of methoxy groups -OCH3 is 1. The number of aromatic nitrogens is 2. The van der Waals surface area contributed by atoms with Crippen LogP contribution in [0.3, 0.4) is 0 Å². The van der Waals surface area contributed by atoms with Crippen molar-refractivity contribution in [2.45, 2.75) is 33.2 Å². The summed E-state index contributed by atoms with van der Waals surface area (Å²) >= 11 is 0. The molecule has 1 unspecified atom stereocenters. The smallest absolute Gasteiger partial charge is 0.326 e. The zero-order chi connectivity index (χ0) is 16.0. The minimum Gasteiger partial charge on any atom is -0.481 e. The molecule has 0 aliphatic carbocycles. The van der Waals surface area contributed by atoms with E-state index in [-0.39, 0.29) is 11.9 Å². The lowest BCUT2D eigenvalue weighted by atomic mass is 10.0. The van der Waals surface area contributed by atoms with Gasteiger partial charge in [0, 0.05) is 11.8 Å². The number of hydrogen-bond acceptors (Lipinski definition) is 5. The number of carbonyl (C=O) groups is 2. The average Bonchev–Trinajstić information content (AvgIpc) is 2.36. The van der Waals surface area contributed by atoms with E-state index < -0.39 is 18.0 Å². The van der Waals surface area contributed by atoms with Crippen LogP contribution >= 0.6 is 0 Å². The Bertz CT molecular complexity index is 519. The van der Waals surface area contributed by atoms with Gasteiger partial charge in [-0.25, -0.2) is 14.6 Å². The van der Waals surface area contributed by atoms with Gasteiger partial charge in [-0.15, -0.1) is 0 Å². The molecule has 3 N–H and O–H groups in total. The highest BCUT2D eigenvalue weighted by Crippen LogP contribution is 2.11. The second-order valence-corrected chi connectivity index (χ2v) is 4.99. The molecule has 1 atom stereocenters. The summed E-state index contributed by atoms with van der Waals surface area (Å²) in [6.45, 7) is 5.49. The molecule has 0 saturated carbocycles. The van der Waals surface area contributed by atoms with Gasteiger partial charge in [0.25, 0.3) is 0 Å². The highest BCUT2D eigenvalue weighted by atomic mass is 16.5. The Morgan fingerprint density at radius 1 is 1.38 bits per heavy atom. The molecule has 0 aromatic carbocycles. The molecular formula is C13H20N4O4. The van der Waals surface area contributed by atoms with Gasteiger partial charge in [-0.1, -0.05) is 13.8 Å². The number of anilines is 1. The Balaban J connectivity index is 2.71. The van der Waals surface area contributed by atoms with Crippen LogP contribution < -0.4 is 15.4 Å². The minimum absolute atomic E-state index is 0.0537. The van der Waals surface area contributed by atoms with Gasteiger partial charge in [0.2, 0.25) is 11.8 Å². The van der Waals surface area contributed by atoms with Gasteiger partial charge in [0.15, 0.2) is 0 Å². The number of carboxylic acids is 1. The predicted octanol–water partition coefficient (Wildman–Crippen LogP) is 1.41. The maximum atomic E-state index is 11.8. The zero-order valence-corrected chi connectivity index (χ0v) is 12.5. The van der Waals surface area contributed by atoms with Crippen LogP contribution in [0.5, 0.6) is 5.88 Å². The average molecular weight is 296 g/mol. The van der Waals surface area contributed by atoms with Crippen LogP contribution in [0.25, 0.3) is 0 Å². The zero-order valence-electron chi connectivity index (χ0n) is 12.5. The topological polar surface area (TPSA) is 113 Å². The number of nitrogens with one attached hydrogen (secondary N) is 2. The van der Waals surface area contributed by atoms with Gasteiger partial charge in [-0.2, -0.15) is 4.98 Å². The molecule has 0 spiro atoms. The molecule has 0 aliphatic rings. The number of hydrogen-bond donors (Lipinski definition) is 3. The van der Waals surface area contributed by atoms with Crippen molar-refractivity contribution in [2.24, 2.45) is 5.92 Å². The van der Waals surface area contributed by atoms with Crippen molar-refractivity contribution < 1.29 is 19.4 Å². The predicted molar refractivity (Wildman–Crippen MR) is 76.4 cm³/mol. The van der Waals surface area contributed by atoms with Crippen molar-refractivity contribution in [3.8, 4) is 5.88 Å². The third kappa shape index (κ3) is 5.64. The summed E-state index contributed by atoms with van der Waals surface area (Å²) in [5.74, 6) is -0.573. The minimum atomic E-state index is -1.08. The summed E-state index contributed by atoms with van der Waals surface area (Å²) in [4.78, 5) is 30.9. The highest BCUT2D eigenvalue weighted by Gasteiger charge is 2.21. The Labute approximate surface area is 122 Å². The number of urea groups is 1. The van der Waals surface area contributed by atoms with E-state index >= 15 is 0 Å². The molecule has 8 heteroatoms. The number of aliphatic carboxylic acids is 1.